The maximum Gasteiger partial charge on any atom is 0.147 e. The molecule has 0 amide bonds. The molecule has 1 atom stereocenters. The molecule has 4 heteroatoms. The van der Waals surface area contributed by atoms with Gasteiger partial charge in [0.05, 0.1) is 6.20 Å². The van der Waals surface area contributed by atoms with Crippen LogP contribution in [0.3, 0.4) is 0 Å². The van der Waals surface area contributed by atoms with Crippen LogP contribution >= 0.6 is 0 Å². The first-order chi connectivity index (χ1) is 8.43. The first-order valence-electron chi connectivity index (χ1n) is 6.68. The van der Waals surface area contributed by atoms with Crippen molar-refractivity contribution in [2.24, 2.45) is 5.92 Å². The summed E-state index contributed by atoms with van der Waals surface area (Å²) in [6, 6.07) is 0.777. The lowest BCUT2D eigenvalue weighted by Gasteiger charge is -2.35. The summed E-state index contributed by atoms with van der Waals surface area (Å²) in [5.41, 5.74) is 0. The second-order valence-corrected chi connectivity index (χ2v) is 5.09. The van der Waals surface area contributed by atoms with E-state index in [0.717, 1.165) is 30.9 Å². The smallest absolute Gasteiger partial charge is 0.147 e. The molecule has 0 spiro atoms. The number of nitrogens with one attached hydrogen (secondary N) is 1. The van der Waals surface area contributed by atoms with E-state index in [0.29, 0.717) is 0 Å². The Morgan fingerprint density at radius 1 is 1.18 bits per heavy atom. The Balaban J connectivity index is 1.57. The number of hydrogen-bond donors (Lipinski definition) is 1. The molecule has 1 unspecified atom stereocenters. The summed E-state index contributed by atoms with van der Waals surface area (Å²) >= 11 is 0. The number of aromatic nitrogens is 2. The zero-order chi connectivity index (χ0) is 11.5. The Kier molecular flexibility index (Phi) is 3.22. The highest BCUT2D eigenvalue weighted by Gasteiger charge is 2.28. The fourth-order valence-corrected chi connectivity index (χ4v) is 3.10. The highest BCUT2D eigenvalue weighted by Crippen LogP contribution is 2.27. The molecular weight excluding hydrogens is 212 g/mol. The first kappa shape index (κ1) is 11.0. The van der Waals surface area contributed by atoms with Gasteiger partial charge in [-0.1, -0.05) is 0 Å². The Morgan fingerprint density at radius 2 is 2.06 bits per heavy atom. The van der Waals surface area contributed by atoms with Gasteiger partial charge in [0, 0.05) is 31.5 Å². The summed E-state index contributed by atoms with van der Waals surface area (Å²) in [6.45, 7) is 3.47. The number of piperidine rings is 1. The number of anilines is 1. The second-order valence-electron chi connectivity index (χ2n) is 5.09. The highest BCUT2D eigenvalue weighted by atomic mass is 15.2. The van der Waals surface area contributed by atoms with Gasteiger partial charge in [0.2, 0.25) is 0 Å². The van der Waals surface area contributed by atoms with E-state index in [4.69, 9.17) is 0 Å². The third-order valence-electron chi connectivity index (χ3n) is 4.08. The van der Waals surface area contributed by atoms with Crippen molar-refractivity contribution in [1.82, 2.24) is 15.3 Å². The van der Waals surface area contributed by atoms with E-state index in [1.54, 1.807) is 12.4 Å². The van der Waals surface area contributed by atoms with Crippen molar-refractivity contribution >= 4 is 5.82 Å². The molecular formula is C13H20N4. The maximum atomic E-state index is 4.37. The summed E-state index contributed by atoms with van der Waals surface area (Å²) in [4.78, 5) is 10.9. The van der Waals surface area contributed by atoms with Gasteiger partial charge in [0.25, 0.3) is 0 Å². The van der Waals surface area contributed by atoms with Crippen LogP contribution in [0, 0.1) is 5.92 Å². The largest absolute Gasteiger partial charge is 0.355 e. The summed E-state index contributed by atoms with van der Waals surface area (Å²) in [7, 11) is 0. The van der Waals surface area contributed by atoms with Crippen molar-refractivity contribution in [2.75, 3.05) is 24.5 Å². The zero-order valence-corrected chi connectivity index (χ0v) is 10.2. The van der Waals surface area contributed by atoms with Crippen LogP contribution in [0.2, 0.25) is 0 Å². The first-order valence-corrected chi connectivity index (χ1v) is 6.68. The lowest BCUT2D eigenvalue weighted by Crippen LogP contribution is -2.41. The summed E-state index contributed by atoms with van der Waals surface area (Å²) < 4.78 is 0. The topological polar surface area (TPSA) is 41.1 Å². The molecule has 1 aromatic rings. The van der Waals surface area contributed by atoms with Crippen molar-refractivity contribution in [3.8, 4) is 0 Å². The molecule has 92 valence electrons. The molecule has 0 radical (unpaired) electrons. The van der Waals surface area contributed by atoms with Gasteiger partial charge in [-0.2, -0.15) is 0 Å². The molecule has 17 heavy (non-hydrogen) atoms. The molecule has 2 fully saturated rings. The Morgan fingerprint density at radius 3 is 2.71 bits per heavy atom. The van der Waals surface area contributed by atoms with Crippen molar-refractivity contribution in [1.29, 1.82) is 0 Å². The summed E-state index contributed by atoms with van der Waals surface area (Å²) in [5.74, 6) is 1.90. The lowest BCUT2D eigenvalue weighted by atomic mass is 9.88. The number of hydrogen-bond acceptors (Lipinski definition) is 4. The molecule has 3 heterocycles. The van der Waals surface area contributed by atoms with E-state index < -0.39 is 0 Å². The van der Waals surface area contributed by atoms with E-state index in [2.05, 4.69) is 20.2 Å². The monoisotopic (exact) mass is 232 g/mol. The summed E-state index contributed by atoms with van der Waals surface area (Å²) in [5, 5.41) is 3.63. The van der Waals surface area contributed by atoms with Crippen molar-refractivity contribution in [3.63, 3.8) is 0 Å². The highest BCUT2D eigenvalue weighted by molar-refractivity contribution is 5.35. The van der Waals surface area contributed by atoms with Gasteiger partial charge in [0.15, 0.2) is 0 Å². The van der Waals surface area contributed by atoms with Gasteiger partial charge < -0.3 is 10.2 Å². The molecule has 0 aliphatic carbocycles. The minimum Gasteiger partial charge on any atom is -0.355 e. The van der Waals surface area contributed by atoms with Crippen molar-refractivity contribution in [2.45, 2.75) is 31.7 Å². The molecule has 2 aliphatic rings. The molecule has 0 bridgehead atoms. The predicted octanol–water partition coefficient (Wildman–Crippen LogP) is 1.44. The van der Waals surface area contributed by atoms with E-state index in [1.165, 1.54) is 32.2 Å². The number of rotatable bonds is 2. The predicted molar refractivity (Wildman–Crippen MR) is 68.0 cm³/mol. The third kappa shape index (κ3) is 2.41. The van der Waals surface area contributed by atoms with Gasteiger partial charge in [0.1, 0.15) is 5.82 Å². The van der Waals surface area contributed by atoms with Gasteiger partial charge in [-0.15, -0.1) is 0 Å². The molecule has 0 saturated carbocycles. The Labute approximate surface area is 102 Å². The molecule has 2 aliphatic heterocycles. The Bertz CT molecular complexity index is 340. The minimum absolute atomic E-state index is 0.777. The minimum atomic E-state index is 0.777. The fraction of sp³-hybridized carbons (Fsp3) is 0.692. The molecule has 1 aromatic heterocycles. The van der Waals surface area contributed by atoms with E-state index in [9.17, 15) is 0 Å². The normalized spacial score (nSPS) is 26.4. The van der Waals surface area contributed by atoms with E-state index in [-0.39, 0.29) is 0 Å². The maximum absolute atomic E-state index is 4.37. The van der Waals surface area contributed by atoms with Gasteiger partial charge in [-0.05, 0) is 38.1 Å². The fourth-order valence-electron chi connectivity index (χ4n) is 3.10. The zero-order valence-electron chi connectivity index (χ0n) is 10.2. The third-order valence-corrected chi connectivity index (χ3v) is 4.08. The van der Waals surface area contributed by atoms with Crippen LogP contribution < -0.4 is 10.2 Å². The SMILES string of the molecule is c1cnc(N2CCC(C3CCCN3)CC2)cn1. The van der Waals surface area contributed by atoms with Crippen LogP contribution in [-0.2, 0) is 0 Å². The average molecular weight is 232 g/mol. The van der Waals surface area contributed by atoms with Gasteiger partial charge in [-0.25, -0.2) is 4.98 Å². The van der Waals surface area contributed by atoms with Crippen LogP contribution in [0.25, 0.3) is 0 Å². The van der Waals surface area contributed by atoms with Crippen LogP contribution in [0.5, 0.6) is 0 Å². The Hall–Kier alpha value is -1.16. The van der Waals surface area contributed by atoms with Gasteiger partial charge in [-0.3, -0.25) is 4.98 Å². The van der Waals surface area contributed by atoms with Crippen LogP contribution in [0.4, 0.5) is 5.82 Å². The average Bonchev–Trinajstić information content (AvgIpc) is 2.94. The molecule has 1 N–H and O–H groups in total. The van der Waals surface area contributed by atoms with E-state index >= 15 is 0 Å². The van der Waals surface area contributed by atoms with Gasteiger partial charge >= 0.3 is 0 Å². The quantitative estimate of drug-likeness (QED) is 0.838. The van der Waals surface area contributed by atoms with E-state index in [1.807, 2.05) is 6.20 Å². The van der Waals surface area contributed by atoms with Crippen LogP contribution in [0.15, 0.2) is 18.6 Å². The second kappa shape index (κ2) is 5.00. The molecule has 3 rings (SSSR count). The molecule has 0 aromatic carbocycles. The lowest BCUT2D eigenvalue weighted by molar-refractivity contribution is 0.318. The van der Waals surface area contributed by atoms with Crippen molar-refractivity contribution in [3.05, 3.63) is 18.6 Å². The summed E-state index contributed by atoms with van der Waals surface area (Å²) in [6.07, 6.45) is 10.7. The van der Waals surface area contributed by atoms with Crippen LogP contribution in [-0.4, -0.2) is 35.6 Å². The molecule has 2 saturated heterocycles. The number of nitrogens with zero attached hydrogens (tertiary/aromatic N) is 3. The molecule has 4 nitrogen and oxygen atoms in total. The standard InChI is InChI=1S/C13H20N4/c1-2-12(15-5-1)11-3-8-17(9-4-11)13-10-14-6-7-16-13/h6-7,10-12,15H,1-5,8-9H2. The van der Waals surface area contributed by atoms with Crippen molar-refractivity contribution < 1.29 is 0 Å². The van der Waals surface area contributed by atoms with Crippen LogP contribution in [0.1, 0.15) is 25.7 Å².